The van der Waals surface area contributed by atoms with Gasteiger partial charge in [-0.15, -0.1) is 0 Å². The Morgan fingerprint density at radius 3 is 2.90 bits per heavy atom. The van der Waals surface area contributed by atoms with Gasteiger partial charge < -0.3 is 10.2 Å². The average molecular weight is 291 g/mol. The summed E-state index contributed by atoms with van der Waals surface area (Å²) >= 11 is 6.04. The molecule has 2 heterocycles. The van der Waals surface area contributed by atoms with E-state index in [1.807, 2.05) is 19.1 Å². The molecule has 0 bridgehead atoms. The summed E-state index contributed by atoms with van der Waals surface area (Å²) < 4.78 is 0. The Morgan fingerprint density at radius 2 is 2.20 bits per heavy atom. The number of anilines is 2. The van der Waals surface area contributed by atoms with Crippen LogP contribution in [0.25, 0.3) is 0 Å². The maximum absolute atomic E-state index is 12.0. The van der Waals surface area contributed by atoms with Gasteiger partial charge in [-0.3, -0.25) is 9.78 Å². The van der Waals surface area contributed by atoms with Gasteiger partial charge in [-0.2, -0.15) is 0 Å². The molecule has 1 amide bonds. The van der Waals surface area contributed by atoms with Crippen LogP contribution in [0.1, 0.15) is 5.56 Å². The lowest BCUT2D eigenvalue weighted by Gasteiger charge is -2.19. The van der Waals surface area contributed by atoms with Gasteiger partial charge in [-0.05, 0) is 30.7 Å². The highest BCUT2D eigenvalue weighted by atomic mass is 35.5. The first-order valence-corrected chi connectivity index (χ1v) is 6.47. The topological polar surface area (TPSA) is 58.1 Å². The Kier molecular flexibility index (Phi) is 4.53. The summed E-state index contributed by atoms with van der Waals surface area (Å²) in [6.07, 6.45) is 4.85. The SMILES string of the molecule is Cc1ccnc(NC(=O)CN(C)c2ccncc2Cl)c1. The third-order valence-corrected chi connectivity index (χ3v) is 3.02. The number of aromatic nitrogens is 2. The third kappa shape index (κ3) is 3.68. The number of hydrogen-bond donors (Lipinski definition) is 1. The normalized spacial score (nSPS) is 10.2. The van der Waals surface area contributed by atoms with Crippen molar-refractivity contribution in [2.75, 3.05) is 23.8 Å². The van der Waals surface area contributed by atoms with Crippen LogP contribution in [0.15, 0.2) is 36.8 Å². The number of halogens is 1. The van der Waals surface area contributed by atoms with Crippen molar-refractivity contribution in [1.82, 2.24) is 9.97 Å². The van der Waals surface area contributed by atoms with E-state index in [1.54, 1.807) is 36.6 Å². The van der Waals surface area contributed by atoms with Crippen LogP contribution in [-0.4, -0.2) is 29.5 Å². The van der Waals surface area contributed by atoms with E-state index in [9.17, 15) is 4.79 Å². The molecule has 0 saturated carbocycles. The van der Waals surface area contributed by atoms with Gasteiger partial charge in [-0.1, -0.05) is 11.6 Å². The highest BCUT2D eigenvalue weighted by molar-refractivity contribution is 6.33. The van der Waals surface area contributed by atoms with Crippen LogP contribution in [0.3, 0.4) is 0 Å². The van der Waals surface area contributed by atoms with Crippen LogP contribution < -0.4 is 10.2 Å². The van der Waals surface area contributed by atoms with Gasteiger partial charge in [0.1, 0.15) is 5.82 Å². The van der Waals surface area contributed by atoms with Crippen molar-refractivity contribution in [2.45, 2.75) is 6.92 Å². The van der Waals surface area contributed by atoms with Crippen molar-refractivity contribution in [2.24, 2.45) is 0 Å². The highest BCUT2D eigenvalue weighted by Gasteiger charge is 2.11. The van der Waals surface area contributed by atoms with E-state index in [0.717, 1.165) is 11.3 Å². The van der Waals surface area contributed by atoms with Crippen LogP contribution in [0.2, 0.25) is 5.02 Å². The van der Waals surface area contributed by atoms with E-state index in [2.05, 4.69) is 15.3 Å². The summed E-state index contributed by atoms with van der Waals surface area (Å²) in [4.78, 5) is 21.7. The molecule has 0 aromatic carbocycles. The number of pyridine rings is 2. The van der Waals surface area contributed by atoms with Crippen molar-refractivity contribution in [3.63, 3.8) is 0 Å². The van der Waals surface area contributed by atoms with Crippen LogP contribution >= 0.6 is 11.6 Å². The van der Waals surface area contributed by atoms with Crippen LogP contribution in [0, 0.1) is 6.92 Å². The zero-order valence-electron chi connectivity index (χ0n) is 11.3. The Hall–Kier alpha value is -2.14. The van der Waals surface area contributed by atoms with Gasteiger partial charge in [0.15, 0.2) is 0 Å². The van der Waals surface area contributed by atoms with E-state index < -0.39 is 0 Å². The Labute approximate surface area is 122 Å². The molecule has 0 fully saturated rings. The summed E-state index contributed by atoms with van der Waals surface area (Å²) in [6.45, 7) is 2.12. The van der Waals surface area contributed by atoms with E-state index in [-0.39, 0.29) is 12.5 Å². The molecule has 0 aliphatic carbocycles. The number of amides is 1. The van der Waals surface area contributed by atoms with E-state index in [1.165, 1.54) is 0 Å². The molecule has 1 N–H and O–H groups in total. The lowest BCUT2D eigenvalue weighted by molar-refractivity contribution is -0.114. The number of carbonyl (C=O) groups is 1. The summed E-state index contributed by atoms with van der Waals surface area (Å²) in [7, 11) is 1.80. The number of likely N-dealkylation sites (N-methyl/N-ethyl adjacent to an activating group) is 1. The molecule has 0 saturated heterocycles. The number of rotatable bonds is 4. The molecule has 0 atom stereocenters. The van der Waals surface area contributed by atoms with Crippen LogP contribution in [0.4, 0.5) is 11.5 Å². The van der Waals surface area contributed by atoms with Gasteiger partial charge in [0, 0.05) is 25.6 Å². The number of hydrogen-bond acceptors (Lipinski definition) is 4. The quantitative estimate of drug-likeness (QED) is 0.940. The van der Waals surface area contributed by atoms with Crippen molar-refractivity contribution in [3.8, 4) is 0 Å². The first-order valence-electron chi connectivity index (χ1n) is 6.09. The maximum Gasteiger partial charge on any atom is 0.245 e. The number of carbonyl (C=O) groups excluding carboxylic acids is 1. The van der Waals surface area contributed by atoms with Gasteiger partial charge in [0.05, 0.1) is 17.3 Å². The summed E-state index contributed by atoms with van der Waals surface area (Å²) in [5.41, 5.74) is 1.80. The predicted molar refractivity (Wildman–Crippen MR) is 80.1 cm³/mol. The fourth-order valence-electron chi connectivity index (χ4n) is 1.76. The molecule has 2 rings (SSSR count). The number of aryl methyl sites for hydroxylation is 1. The molecule has 0 radical (unpaired) electrons. The van der Waals surface area contributed by atoms with Gasteiger partial charge in [-0.25, -0.2) is 4.98 Å². The van der Waals surface area contributed by atoms with Crippen LogP contribution in [-0.2, 0) is 4.79 Å². The largest absolute Gasteiger partial charge is 0.364 e. The van der Waals surface area contributed by atoms with Crippen molar-refractivity contribution >= 4 is 29.0 Å². The maximum atomic E-state index is 12.0. The van der Waals surface area contributed by atoms with Crippen molar-refractivity contribution in [1.29, 1.82) is 0 Å². The predicted octanol–water partition coefficient (Wildman–Crippen LogP) is 2.51. The fraction of sp³-hybridized carbons (Fsp3) is 0.214. The second-order valence-electron chi connectivity index (χ2n) is 4.45. The molecule has 6 heteroatoms. The van der Waals surface area contributed by atoms with Gasteiger partial charge in [0.25, 0.3) is 0 Å². The minimum Gasteiger partial charge on any atom is -0.364 e. The third-order valence-electron chi connectivity index (χ3n) is 2.73. The summed E-state index contributed by atoms with van der Waals surface area (Å²) in [5.74, 6) is 0.391. The summed E-state index contributed by atoms with van der Waals surface area (Å²) in [5, 5.41) is 3.26. The zero-order chi connectivity index (χ0) is 14.5. The monoisotopic (exact) mass is 290 g/mol. The number of nitrogens with one attached hydrogen (secondary N) is 1. The van der Waals surface area contributed by atoms with Crippen LogP contribution in [0.5, 0.6) is 0 Å². The molecule has 0 spiro atoms. The van der Waals surface area contributed by atoms with E-state index >= 15 is 0 Å². The zero-order valence-corrected chi connectivity index (χ0v) is 12.1. The first kappa shape index (κ1) is 14.3. The van der Waals surface area contributed by atoms with E-state index in [0.29, 0.717) is 10.8 Å². The second-order valence-corrected chi connectivity index (χ2v) is 4.86. The highest BCUT2D eigenvalue weighted by Crippen LogP contribution is 2.22. The average Bonchev–Trinajstić information content (AvgIpc) is 2.38. The Balaban J connectivity index is 2.00. The molecule has 0 unspecified atom stereocenters. The van der Waals surface area contributed by atoms with E-state index in [4.69, 9.17) is 11.6 Å². The smallest absolute Gasteiger partial charge is 0.245 e. The standard InChI is InChI=1S/C14H15ClN4O/c1-10-3-6-17-13(7-10)18-14(20)9-19(2)12-4-5-16-8-11(12)15/h3-8H,9H2,1-2H3,(H,17,18,20). The molecular formula is C14H15ClN4O. The summed E-state index contributed by atoms with van der Waals surface area (Å²) in [6, 6.07) is 5.45. The van der Waals surface area contributed by atoms with Gasteiger partial charge in [0.2, 0.25) is 5.91 Å². The molecular weight excluding hydrogens is 276 g/mol. The molecule has 2 aromatic rings. The Morgan fingerprint density at radius 1 is 1.40 bits per heavy atom. The lowest BCUT2D eigenvalue weighted by atomic mass is 10.3. The van der Waals surface area contributed by atoms with Crippen molar-refractivity contribution < 1.29 is 4.79 Å². The molecule has 2 aromatic heterocycles. The molecule has 20 heavy (non-hydrogen) atoms. The Bertz CT molecular complexity index is 618. The first-order chi connectivity index (χ1) is 9.56. The fourth-order valence-corrected chi connectivity index (χ4v) is 2.03. The lowest BCUT2D eigenvalue weighted by Crippen LogP contribution is -2.30. The van der Waals surface area contributed by atoms with Gasteiger partial charge >= 0.3 is 0 Å². The minimum absolute atomic E-state index is 0.154. The second kappa shape index (κ2) is 6.34. The molecule has 0 aliphatic rings. The molecule has 5 nitrogen and oxygen atoms in total. The minimum atomic E-state index is -0.154. The molecule has 104 valence electrons. The van der Waals surface area contributed by atoms with Crippen molar-refractivity contribution in [3.05, 3.63) is 47.4 Å². The molecule has 0 aliphatic heterocycles. The number of nitrogens with zero attached hydrogens (tertiary/aromatic N) is 3.